The quantitative estimate of drug-likeness (QED) is 0.560. The Labute approximate surface area is 114 Å². The molecule has 0 aliphatic heterocycles. The van der Waals surface area contributed by atoms with Crippen molar-refractivity contribution in [3.63, 3.8) is 0 Å². The van der Waals surface area contributed by atoms with E-state index in [2.05, 4.69) is 6.58 Å². The molecule has 0 radical (unpaired) electrons. The third kappa shape index (κ3) is 5.57. The van der Waals surface area contributed by atoms with Crippen LogP contribution in [0.2, 0.25) is 0 Å². The highest BCUT2D eigenvalue weighted by atomic mass is 16.6. The van der Waals surface area contributed by atoms with Crippen LogP contribution in [0.4, 0.5) is 0 Å². The summed E-state index contributed by atoms with van der Waals surface area (Å²) in [5.41, 5.74) is 1.47. The molecule has 0 N–H and O–H groups in total. The predicted octanol–water partition coefficient (Wildman–Crippen LogP) is 2.51. The molecule has 0 amide bonds. The van der Waals surface area contributed by atoms with Gasteiger partial charge in [0.25, 0.3) is 0 Å². The van der Waals surface area contributed by atoms with Crippen LogP contribution in [-0.4, -0.2) is 32.4 Å². The van der Waals surface area contributed by atoms with E-state index >= 15 is 0 Å². The van der Waals surface area contributed by atoms with Gasteiger partial charge in [0.05, 0.1) is 6.61 Å². The van der Waals surface area contributed by atoms with Crippen molar-refractivity contribution in [2.45, 2.75) is 20.0 Å². The Morgan fingerprint density at radius 3 is 2.68 bits per heavy atom. The largest absolute Gasteiger partial charge is 0.490 e. The minimum Gasteiger partial charge on any atom is -0.490 e. The first-order valence-electron chi connectivity index (χ1n) is 6.08. The number of aryl methyl sites for hydroxylation is 1. The third-order valence-electron chi connectivity index (χ3n) is 2.40. The van der Waals surface area contributed by atoms with Crippen molar-refractivity contribution in [1.29, 1.82) is 0 Å². The number of ether oxygens (including phenoxy) is 3. The molecular weight excluding hydrogens is 244 g/mol. The highest BCUT2D eigenvalue weighted by Gasteiger charge is 2.15. The van der Waals surface area contributed by atoms with Crippen molar-refractivity contribution < 1.29 is 19.0 Å². The summed E-state index contributed by atoms with van der Waals surface area (Å²) >= 11 is 0. The molecule has 0 spiro atoms. The maximum atomic E-state index is 11.5. The highest BCUT2D eigenvalue weighted by Crippen LogP contribution is 2.13. The summed E-state index contributed by atoms with van der Waals surface area (Å²) in [4.78, 5) is 11.5. The Morgan fingerprint density at radius 2 is 2.11 bits per heavy atom. The summed E-state index contributed by atoms with van der Waals surface area (Å²) in [6.07, 6.45) is -0.449. The fourth-order valence-electron chi connectivity index (χ4n) is 1.45. The molecule has 0 fully saturated rings. The maximum Gasteiger partial charge on any atom is 0.333 e. The summed E-state index contributed by atoms with van der Waals surface area (Å²) in [6, 6.07) is 7.68. The minimum atomic E-state index is -0.449. The van der Waals surface area contributed by atoms with E-state index in [4.69, 9.17) is 14.2 Å². The van der Waals surface area contributed by atoms with Gasteiger partial charge in [-0.2, -0.15) is 0 Å². The minimum absolute atomic E-state index is 0.246. The number of carbonyl (C=O) groups is 1. The molecule has 4 heteroatoms. The second-order valence-corrected chi connectivity index (χ2v) is 4.39. The summed E-state index contributed by atoms with van der Waals surface area (Å²) < 4.78 is 15.8. The summed E-state index contributed by atoms with van der Waals surface area (Å²) in [6.45, 7) is 7.66. The lowest BCUT2D eigenvalue weighted by molar-refractivity contribution is -0.148. The van der Waals surface area contributed by atoms with Crippen LogP contribution in [0, 0.1) is 6.92 Å². The Balaban J connectivity index is 2.54. The van der Waals surface area contributed by atoms with Gasteiger partial charge in [-0.3, -0.25) is 0 Å². The lowest BCUT2D eigenvalue weighted by Gasteiger charge is -2.18. The van der Waals surface area contributed by atoms with Crippen LogP contribution in [0.5, 0.6) is 5.75 Å². The van der Waals surface area contributed by atoms with Crippen molar-refractivity contribution in [3.05, 3.63) is 42.0 Å². The van der Waals surface area contributed by atoms with Gasteiger partial charge in [0.15, 0.2) is 6.10 Å². The van der Waals surface area contributed by atoms with Gasteiger partial charge in [-0.25, -0.2) is 4.79 Å². The number of esters is 1. The van der Waals surface area contributed by atoms with Gasteiger partial charge < -0.3 is 14.2 Å². The molecule has 1 rings (SSSR count). The highest BCUT2D eigenvalue weighted by molar-refractivity contribution is 5.87. The monoisotopic (exact) mass is 264 g/mol. The van der Waals surface area contributed by atoms with E-state index in [1.165, 1.54) is 0 Å². The second kappa shape index (κ2) is 7.59. The lowest BCUT2D eigenvalue weighted by atomic mass is 10.2. The van der Waals surface area contributed by atoms with Crippen LogP contribution in [-0.2, 0) is 14.3 Å². The van der Waals surface area contributed by atoms with E-state index in [0.717, 1.165) is 11.3 Å². The number of methoxy groups -OCH3 is 1. The van der Waals surface area contributed by atoms with Crippen molar-refractivity contribution in [2.75, 3.05) is 20.3 Å². The Morgan fingerprint density at radius 1 is 1.37 bits per heavy atom. The molecule has 0 aliphatic rings. The zero-order valence-electron chi connectivity index (χ0n) is 11.6. The van der Waals surface area contributed by atoms with Gasteiger partial charge in [-0.1, -0.05) is 18.7 Å². The van der Waals surface area contributed by atoms with Crippen LogP contribution in [0.15, 0.2) is 36.4 Å². The van der Waals surface area contributed by atoms with E-state index in [9.17, 15) is 4.79 Å². The maximum absolute atomic E-state index is 11.5. The summed E-state index contributed by atoms with van der Waals surface area (Å²) in [7, 11) is 1.55. The van der Waals surface area contributed by atoms with Crippen molar-refractivity contribution in [1.82, 2.24) is 0 Å². The van der Waals surface area contributed by atoms with Crippen LogP contribution in [0.3, 0.4) is 0 Å². The lowest BCUT2D eigenvalue weighted by Crippen LogP contribution is -2.29. The summed E-state index contributed by atoms with van der Waals surface area (Å²) in [5.74, 6) is 0.308. The average molecular weight is 264 g/mol. The van der Waals surface area contributed by atoms with Gasteiger partial charge in [0, 0.05) is 12.7 Å². The molecule has 19 heavy (non-hydrogen) atoms. The Kier molecular flexibility index (Phi) is 6.09. The molecular formula is C15H20O4. The van der Waals surface area contributed by atoms with Crippen molar-refractivity contribution in [2.24, 2.45) is 0 Å². The molecule has 0 saturated heterocycles. The van der Waals surface area contributed by atoms with E-state index in [-0.39, 0.29) is 13.2 Å². The Hall–Kier alpha value is -1.81. The first-order chi connectivity index (χ1) is 9.02. The standard InChI is InChI=1S/C15H20O4/c1-11(2)15(16)19-14(9-17-4)10-18-13-7-5-6-12(3)8-13/h5-8,14H,1,9-10H2,2-4H3. The van der Waals surface area contributed by atoms with Gasteiger partial charge in [-0.05, 0) is 31.5 Å². The number of rotatable bonds is 7. The second-order valence-electron chi connectivity index (χ2n) is 4.39. The van der Waals surface area contributed by atoms with Crippen molar-refractivity contribution >= 4 is 5.97 Å². The van der Waals surface area contributed by atoms with Gasteiger partial charge in [-0.15, -0.1) is 0 Å². The van der Waals surface area contributed by atoms with Gasteiger partial charge in [0.2, 0.25) is 0 Å². The number of hydrogen-bond donors (Lipinski definition) is 0. The van der Waals surface area contributed by atoms with Gasteiger partial charge in [0.1, 0.15) is 12.4 Å². The molecule has 1 atom stereocenters. The molecule has 0 heterocycles. The van der Waals surface area contributed by atoms with Crippen LogP contribution in [0.25, 0.3) is 0 Å². The predicted molar refractivity (Wildman–Crippen MR) is 73.2 cm³/mol. The Bertz CT molecular complexity index is 440. The molecule has 104 valence electrons. The average Bonchev–Trinajstić information content (AvgIpc) is 2.36. The van der Waals surface area contributed by atoms with E-state index in [1.54, 1.807) is 14.0 Å². The topological polar surface area (TPSA) is 44.8 Å². The van der Waals surface area contributed by atoms with E-state index < -0.39 is 12.1 Å². The molecule has 4 nitrogen and oxygen atoms in total. The smallest absolute Gasteiger partial charge is 0.333 e. The van der Waals surface area contributed by atoms with Crippen LogP contribution >= 0.6 is 0 Å². The normalized spacial score (nSPS) is 11.7. The zero-order chi connectivity index (χ0) is 14.3. The number of hydrogen-bond acceptors (Lipinski definition) is 4. The van der Waals surface area contributed by atoms with Crippen molar-refractivity contribution in [3.8, 4) is 5.75 Å². The molecule has 1 aromatic carbocycles. The molecule has 0 aromatic heterocycles. The number of carbonyl (C=O) groups excluding carboxylic acids is 1. The first kappa shape index (κ1) is 15.2. The third-order valence-corrected chi connectivity index (χ3v) is 2.40. The molecule has 0 bridgehead atoms. The molecule has 0 saturated carbocycles. The first-order valence-corrected chi connectivity index (χ1v) is 6.08. The zero-order valence-corrected chi connectivity index (χ0v) is 11.6. The SMILES string of the molecule is C=C(C)C(=O)OC(COC)COc1cccc(C)c1. The molecule has 1 aromatic rings. The van der Waals surface area contributed by atoms with E-state index in [1.807, 2.05) is 31.2 Å². The van der Waals surface area contributed by atoms with Crippen LogP contribution in [0.1, 0.15) is 12.5 Å². The fraction of sp³-hybridized carbons (Fsp3) is 0.400. The summed E-state index contributed by atoms with van der Waals surface area (Å²) in [5, 5.41) is 0. The van der Waals surface area contributed by atoms with Gasteiger partial charge >= 0.3 is 5.97 Å². The van der Waals surface area contributed by atoms with Crippen LogP contribution < -0.4 is 4.74 Å². The fourth-order valence-corrected chi connectivity index (χ4v) is 1.45. The number of benzene rings is 1. The van der Waals surface area contributed by atoms with E-state index in [0.29, 0.717) is 5.57 Å². The molecule has 1 unspecified atom stereocenters. The molecule has 0 aliphatic carbocycles.